The maximum absolute atomic E-state index is 11.3. The Kier molecular flexibility index (Phi) is 4.67. The summed E-state index contributed by atoms with van der Waals surface area (Å²) in [5.74, 6) is -0.296. The van der Waals surface area contributed by atoms with Gasteiger partial charge in [0.2, 0.25) is 8.32 Å². The quantitative estimate of drug-likeness (QED) is 0.618. The SMILES string of the molecule is COC(=O)c1ccc([Si](C)(C)O[SiH](C)C)cc1. The van der Waals surface area contributed by atoms with Crippen LogP contribution in [-0.4, -0.2) is 30.4 Å². The van der Waals surface area contributed by atoms with Gasteiger partial charge >= 0.3 is 5.97 Å². The van der Waals surface area contributed by atoms with Gasteiger partial charge in [0.15, 0.2) is 9.04 Å². The number of carbonyl (C=O) groups is 1. The number of methoxy groups -OCH3 is 1. The van der Waals surface area contributed by atoms with E-state index in [-0.39, 0.29) is 5.97 Å². The molecule has 0 aromatic heterocycles. The summed E-state index contributed by atoms with van der Waals surface area (Å²) in [5.41, 5.74) is 0.586. The summed E-state index contributed by atoms with van der Waals surface area (Å²) >= 11 is 0. The standard InChI is InChI=1S/C12H20O3Si2/c1-14-12(13)10-6-8-11(9-7-10)17(4,5)15-16(2)3/h6-9,16H,1-5H3. The van der Waals surface area contributed by atoms with E-state index in [0.29, 0.717) is 5.56 Å². The van der Waals surface area contributed by atoms with Gasteiger partial charge in [-0.1, -0.05) is 12.1 Å². The largest absolute Gasteiger partial charge is 0.465 e. The van der Waals surface area contributed by atoms with Gasteiger partial charge in [-0.25, -0.2) is 4.79 Å². The number of hydrogen-bond donors (Lipinski definition) is 0. The van der Waals surface area contributed by atoms with Crippen LogP contribution in [0.3, 0.4) is 0 Å². The molecule has 5 heteroatoms. The summed E-state index contributed by atoms with van der Waals surface area (Å²) in [6.07, 6.45) is 0. The molecule has 3 nitrogen and oxygen atoms in total. The first-order chi connectivity index (χ1) is 7.86. The van der Waals surface area contributed by atoms with Crippen LogP contribution in [-0.2, 0) is 8.85 Å². The highest BCUT2D eigenvalue weighted by atomic mass is 28.4. The van der Waals surface area contributed by atoms with Crippen LogP contribution in [0.4, 0.5) is 0 Å². The maximum Gasteiger partial charge on any atom is 0.337 e. The van der Waals surface area contributed by atoms with E-state index in [1.807, 2.05) is 12.1 Å². The lowest BCUT2D eigenvalue weighted by Gasteiger charge is -2.26. The van der Waals surface area contributed by atoms with Crippen molar-refractivity contribution in [1.29, 1.82) is 0 Å². The van der Waals surface area contributed by atoms with E-state index in [1.165, 1.54) is 12.3 Å². The van der Waals surface area contributed by atoms with Gasteiger partial charge in [0.25, 0.3) is 0 Å². The lowest BCUT2D eigenvalue weighted by atomic mass is 10.2. The fourth-order valence-corrected chi connectivity index (χ4v) is 8.01. The molecule has 0 aliphatic heterocycles. The summed E-state index contributed by atoms with van der Waals surface area (Å²) in [5, 5.41) is 1.21. The number of carbonyl (C=O) groups excluding carboxylic acids is 1. The molecule has 0 fully saturated rings. The first-order valence-corrected chi connectivity index (χ1v) is 11.4. The van der Waals surface area contributed by atoms with Crippen molar-refractivity contribution in [3.05, 3.63) is 29.8 Å². The molecule has 0 aliphatic carbocycles. The number of rotatable bonds is 4. The van der Waals surface area contributed by atoms with Crippen molar-refractivity contribution in [2.75, 3.05) is 7.11 Å². The average molecular weight is 268 g/mol. The predicted octanol–water partition coefficient (Wildman–Crippen LogP) is 1.89. The van der Waals surface area contributed by atoms with Gasteiger partial charge in [0, 0.05) is 0 Å². The Morgan fingerprint density at radius 2 is 1.71 bits per heavy atom. The Morgan fingerprint density at radius 1 is 1.18 bits per heavy atom. The first kappa shape index (κ1) is 14.1. The predicted molar refractivity (Wildman–Crippen MR) is 74.9 cm³/mol. The first-order valence-electron chi connectivity index (χ1n) is 5.73. The maximum atomic E-state index is 11.3. The molecule has 0 aliphatic rings. The minimum Gasteiger partial charge on any atom is -0.465 e. The zero-order valence-electron chi connectivity index (χ0n) is 11.1. The minimum absolute atomic E-state index is 0.296. The molecule has 0 N–H and O–H groups in total. The Labute approximate surface area is 106 Å². The monoisotopic (exact) mass is 268 g/mol. The van der Waals surface area contributed by atoms with Crippen molar-refractivity contribution in [2.24, 2.45) is 0 Å². The Hall–Kier alpha value is -0.916. The second kappa shape index (κ2) is 5.61. The number of ether oxygens (including phenoxy) is 1. The molecule has 0 amide bonds. The average Bonchev–Trinajstić information content (AvgIpc) is 2.26. The molecule has 1 aromatic carbocycles. The summed E-state index contributed by atoms with van der Waals surface area (Å²) < 4.78 is 10.8. The highest BCUT2D eigenvalue weighted by Crippen LogP contribution is 2.09. The fraction of sp³-hybridized carbons (Fsp3) is 0.417. The molecule has 0 radical (unpaired) electrons. The van der Waals surface area contributed by atoms with Crippen LogP contribution in [0.25, 0.3) is 0 Å². The Balaban J connectivity index is 2.90. The lowest BCUT2D eigenvalue weighted by molar-refractivity contribution is 0.0601. The third kappa shape index (κ3) is 3.80. The van der Waals surface area contributed by atoms with Crippen molar-refractivity contribution in [1.82, 2.24) is 0 Å². The molecule has 1 rings (SSSR count). The van der Waals surface area contributed by atoms with Gasteiger partial charge in [0.1, 0.15) is 0 Å². The van der Waals surface area contributed by atoms with E-state index in [0.717, 1.165) is 0 Å². The smallest absolute Gasteiger partial charge is 0.337 e. The third-order valence-electron chi connectivity index (χ3n) is 2.53. The highest BCUT2D eigenvalue weighted by Gasteiger charge is 2.26. The summed E-state index contributed by atoms with van der Waals surface area (Å²) in [6, 6.07) is 7.58. The molecule has 94 valence electrons. The molecular formula is C12H20O3Si2. The third-order valence-corrected chi connectivity index (χ3v) is 8.50. The van der Waals surface area contributed by atoms with Gasteiger partial charge in [-0.15, -0.1) is 0 Å². The lowest BCUT2D eigenvalue weighted by Crippen LogP contribution is -2.47. The van der Waals surface area contributed by atoms with Crippen LogP contribution < -0.4 is 5.19 Å². The van der Waals surface area contributed by atoms with Crippen LogP contribution in [0, 0.1) is 0 Å². The minimum atomic E-state index is -1.80. The highest BCUT2D eigenvalue weighted by molar-refractivity contribution is 6.88. The fourth-order valence-electron chi connectivity index (χ4n) is 1.78. The molecular weight excluding hydrogens is 248 g/mol. The second-order valence-electron chi connectivity index (χ2n) is 4.75. The molecule has 0 heterocycles. The van der Waals surface area contributed by atoms with Crippen LogP contribution in [0.2, 0.25) is 26.2 Å². The van der Waals surface area contributed by atoms with Gasteiger partial charge < -0.3 is 8.85 Å². The second-order valence-corrected chi connectivity index (χ2v) is 11.4. The van der Waals surface area contributed by atoms with E-state index in [9.17, 15) is 4.79 Å². The number of hydrogen-bond acceptors (Lipinski definition) is 3. The molecule has 0 unspecified atom stereocenters. The molecule has 0 bridgehead atoms. The zero-order valence-corrected chi connectivity index (χ0v) is 13.3. The van der Waals surface area contributed by atoms with Crippen molar-refractivity contribution in [2.45, 2.75) is 26.2 Å². The number of esters is 1. The Bertz CT molecular complexity index is 385. The summed E-state index contributed by atoms with van der Waals surface area (Å²) in [6.45, 7) is 8.73. The molecule has 0 spiro atoms. The van der Waals surface area contributed by atoms with Gasteiger partial charge in [-0.3, -0.25) is 0 Å². The van der Waals surface area contributed by atoms with Crippen LogP contribution >= 0.6 is 0 Å². The van der Waals surface area contributed by atoms with Crippen molar-refractivity contribution >= 4 is 28.5 Å². The van der Waals surface area contributed by atoms with E-state index < -0.39 is 17.4 Å². The zero-order chi connectivity index (χ0) is 13.1. The van der Waals surface area contributed by atoms with Crippen molar-refractivity contribution < 1.29 is 13.6 Å². The van der Waals surface area contributed by atoms with Gasteiger partial charge in [-0.05, 0) is 43.5 Å². The van der Waals surface area contributed by atoms with E-state index in [2.05, 4.69) is 30.9 Å². The molecule has 0 atom stereocenters. The molecule has 17 heavy (non-hydrogen) atoms. The van der Waals surface area contributed by atoms with Gasteiger partial charge in [-0.2, -0.15) is 0 Å². The van der Waals surface area contributed by atoms with E-state index in [4.69, 9.17) is 4.12 Å². The molecule has 0 saturated heterocycles. The summed E-state index contributed by atoms with van der Waals surface area (Å²) in [7, 11) is -1.44. The van der Waals surface area contributed by atoms with E-state index in [1.54, 1.807) is 12.1 Å². The van der Waals surface area contributed by atoms with Gasteiger partial charge in [0.05, 0.1) is 12.7 Å². The van der Waals surface area contributed by atoms with Crippen molar-refractivity contribution in [3.8, 4) is 0 Å². The molecule has 0 saturated carbocycles. The molecule has 1 aromatic rings. The van der Waals surface area contributed by atoms with Crippen LogP contribution in [0.5, 0.6) is 0 Å². The Morgan fingerprint density at radius 3 is 2.12 bits per heavy atom. The van der Waals surface area contributed by atoms with Crippen molar-refractivity contribution in [3.63, 3.8) is 0 Å². The van der Waals surface area contributed by atoms with Crippen LogP contribution in [0.15, 0.2) is 24.3 Å². The normalized spacial score (nSPS) is 11.6. The number of benzene rings is 1. The summed E-state index contributed by atoms with van der Waals surface area (Å²) in [4.78, 5) is 11.3. The van der Waals surface area contributed by atoms with E-state index >= 15 is 0 Å². The van der Waals surface area contributed by atoms with Crippen LogP contribution in [0.1, 0.15) is 10.4 Å². The topological polar surface area (TPSA) is 35.5 Å².